The molecule has 0 bridgehead atoms. The van der Waals surface area contributed by atoms with Gasteiger partial charge in [-0.25, -0.2) is 0 Å². The molecule has 1 aromatic carbocycles. The molecule has 92 valence electrons. The highest BCUT2D eigenvalue weighted by Gasteiger charge is 2.19. The number of benzene rings is 1. The zero-order chi connectivity index (χ0) is 12.1. The molecular weight excluding hydrogens is 210 g/mol. The molecule has 1 saturated carbocycles. The molecule has 2 heteroatoms. The van der Waals surface area contributed by atoms with Gasteiger partial charge in [-0.05, 0) is 56.0 Å². The Hall–Kier alpha value is -1.28. The molecule has 0 amide bonds. The Kier molecular flexibility index (Phi) is 4.21. The van der Waals surface area contributed by atoms with Crippen molar-refractivity contribution in [3.05, 3.63) is 35.9 Å². The Balaban J connectivity index is 1.83. The van der Waals surface area contributed by atoms with E-state index in [1.54, 1.807) is 7.11 Å². The van der Waals surface area contributed by atoms with Crippen molar-refractivity contribution >= 4 is 5.57 Å². The fourth-order valence-corrected chi connectivity index (χ4v) is 1.84. The van der Waals surface area contributed by atoms with Crippen molar-refractivity contribution in [3.8, 4) is 5.75 Å². The van der Waals surface area contributed by atoms with E-state index in [0.717, 1.165) is 24.8 Å². The highest BCUT2D eigenvalue weighted by Crippen LogP contribution is 2.20. The van der Waals surface area contributed by atoms with Crippen molar-refractivity contribution in [2.45, 2.75) is 32.2 Å². The van der Waals surface area contributed by atoms with Gasteiger partial charge in [-0.2, -0.15) is 0 Å². The van der Waals surface area contributed by atoms with Crippen LogP contribution in [0.5, 0.6) is 5.75 Å². The number of ether oxygens (including phenoxy) is 1. The average molecular weight is 231 g/mol. The van der Waals surface area contributed by atoms with Crippen molar-refractivity contribution < 1.29 is 4.74 Å². The first-order valence-electron chi connectivity index (χ1n) is 6.34. The normalized spacial score (nSPS) is 16.0. The third-order valence-electron chi connectivity index (χ3n) is 3.15. The van der Waals surface area contributed by atoms with Gasteiger partial charge in [0.1, 0.15) is 5.75 Å². The first-order chi connectivity index (χ1) is 8.29. The summed E-state index contributed by atoms with van der Waals surface area (Å²) in [5, 5.41) is 3.52. The molecule has 0 aromatic heterocycles. The minimum Gasteiger partial charge on any atom is -0.497 e. The molecule has 1 aliphatic rings. The monoisotopic (exact) mass is 231 g/mol. The molecule has 2 rings (SSSR count). The second-order valence-corrected chi connectivity index (χ2v) is 4.63. The summed E-state index contributed by atoms with van der Waals surface area (Å²) < 4.78 is 5.15. The number of hydrogen-bond donors (Lipinski definition) is 1. The third-order valence-corrected chi connectivity index (χ3v) is 3.15. The zero-order valence-electron chi connectivity index (χ0n) is 10.7. The Morgan fingerprint density at radius 2 is 2.06 bits per heavy atom. The van der Waals surface area contributed by atoms with E-state index in [1.165, 1.54) is 24.0 Å². The standard InChI is InChI=1S/C15H21NO/c1-12(4-3-11-16-14-7-8-14)13-5-9-15(17-2)10-6-13/h4-6,9-10,14,16H,3,7-8,11H2,1-2H3. The quantitative estimate of drug-likeness (QED) is 0.759. The summed E-state index contributed by atoms with van der Waals surface area (Å²) in [6, 6.07) is 9.05. The van der Waals surface area contributed by atoms with Crippen LogP contribution in [0.15, 0.2) is 30.3 Å². The molecule has 0 aliphatic heterocycles. The maximum absolute atomic E-state index is 5.15. The molecule has 0 saturated heterocycles. The van der Waals surface area contributed by atoms with E-state index in [0.29, 0.717) is 0 Å². The van der Waals surface area contributed by atoms with E-state index in [-0.39, 0.29) is 0 Å². The number of nitrogens with one attached hydrogen (secondary N) is 1. The van der Waals surface area contributed by atoms with Crippen LogP contribution in [0.1, 0.15) is 31.7 Å². The fourth-order valence-electron chi connectivity index (χ4n) is 1.84. The predicted molar refractivity (Wildman–Crippen MR) is 72.3 cm³/mol. The van der Waals surface area contributed by atoms with Gasteiger partial charge < -0.3 is 10.1 Å². The minimum absolute atomic E-state index is 0.810. The maximum atomic E-state index is 5.15. The Morgan fingerprint density at radius 1 is 1.35 bits per heavy atom. The van der Waals surface area contributed by atoms with E-state index in [2.05, 4.69) is 30.4 Å². The summed E-state index contributed by atoms with van der Waals surface area (Å²) in [5.74, 6) is 0.914. The lowest BCUT2D eigenvalue weighted by Gasteiger charge is -2.04. The van der Waals surface area contributed by atoms with Crippen molar-refractivity contribution in [2.75, 3.05) is 13.7 Å². The van der Waals surface area contributed by atoms with Crippen molar-refractivity contribution in [3.63, 3.8) is 0 Å². The maximum Gasteiger partial charge on any atom is 0.118 e. The van der Waals surface area contributed by atoms with Crippen LogP contribution < -0.4 is 10.1 Å². The lowest BCUT2D eigenvalue weighted by Crippen LogP contribution is -2.16. The van der Waals surface area contributed by atoms with Gasteiger partial charge in [0.25, 0.3) is 0 Å². The highest BCUT2D eigenvalue weighted by molar-refractivity contribution is 5.64. The SMILES string of the molecule is COc1ccc(C(C)=CCCNC2CC2)cc1. The summed E-state index contributed by atoms with van der Waals surface area (Å²) in [7, 11) is 1.70. The lowest BCUT2D eigenvalue weighted by atomic mass is 10.1. The van der Waals surface area contributed by atoms with Gasteiger partial charge in [-0.15, -0.1) is 0 Å². The lowest BCUT2D eigenvalue weighted by molar-refractivity contribution is 0.415. The average Bonchev–Trinajstić information content (AvgIpc) is 3.18. The van der Waals surface area contributed by atoms with E-state index in [1.807, 2.05) is 12.1 Å². The van der Waals surface area contributed by atoms with Crippen LogP contribution in [-0.4, -0.2) is 19.7 Å². The van der Waals surface area contributed by atoms with E-state index in [4.69, 9.17) is 4.74 Å². The molecule has 17 heavy (non-hydrogen) atoms. The summed E-state index contributed by atoms with van der Waals surface area (Å²) in [6.45, 7) is 3.26. The summed E-state index contributed by atoms with van der Waals surface area (Å²) in [4.78, 5) is 0. The van der Waals surface area contributed by atoms with E-state index in [9.17, 15) is 0 Å². The van der Waals surface area contributed by atoms with Gasteiger partial charge in [0.05, 0.1) is 7.11 Å². The van der Waals surface area contributed by atoms with E-state index >= 15 is 0 Å². The molecule has 1 fully saturated rings. The molecule has 0 unspecified atom stereocenters. The summed E-state index contributed by atoms with van der Waals surface area (Å²) in [5.41, 5.74) is 2.61. The molecule has 1 aromatic rings. The minimum atomic E-state index is 0.810. The Morgan fingerprint density at radius 3 is 2.65 bits per heavy atom. The topological polar surface area (TPSA) is 21.3 Å². The molecule has 0 spiro atoms. The third kappa shape index (κ3) is 3.90. The smallest absolute Gasteiger partial charge is 0.118 e. The van der Waals surface area contributed by atoms with Crippen molar-refractivity contribution in [1.82, 2.24) is 5.32 Å². The Bertz CT molecular complexity index is 376. The largest absolute Gasteiger partial charge is 0.497 e. The zero-order valence-corrected chi connectivity index (χ0v) is 10.7. The van der Waals surface area contributed by atoms with Gasteiger partial charge in [-0.3, -0.25) is 0 Å². The highest BCUT2D eigenvalue weighted by atomic mass is 16.5. The molecule has 0 atom stereocenters. The van der Waals surface area contributed by atoms with Crippen LogP contribution in [0.2, 0.25) is 0 Å². The van der Waals surface area contributed by atoms with Gasteiger partial charge in [0.15, 0.2) is 0 Å². The van der Waals surface area contributed by atoms with Crippen molar-refractivity contribution in [2.24, 2.45) is 0 Å². The fraction of sp³-hybridized carbons (Fsp3) is 0.467. The van der Waals surface area contributed by atoms with Crippen molar-refractivity contribution in [1.29, 1.82) is 0 Å². The van der Waals surface area contributed by atoms with Gasteiger partial charge >= 0.3 is 0 Å². The summed E-state index contributed by atoms with van der Waals surface area (Å²) >= 11 is 0. The van der Waals surface area contributed by atoms with Crippen LogP contribution in [0.3, 0.4) is 0 Å². The molecule has 1 aliphatic carbocycles. The Labute approximate surface area is 104 Å². The second-order valence-electron chi connectivity index (χ2n) is 4.63. The first kappa shape index (κ1) is 12.2. The first-order valence-corrected chi connectivity index (χ1v) is 6.34. The molecule has 0 heterocycles. The van der Waals surface area contributed by atoms with Crippen LogP contribution in [0, 0.1) is 0 Å². The van der Waals surface area contributed by atoms with Gasteiger partial charge in [0.2, 0.25) is 0 Å². The summed E-state index contributed by atoms with van der Waals surface area (Å²) in [6.07, 6.45) is 6.13. The number of allylic oxidation sites excluding steroid dienone is 1. The van der Waals surface area contributed by atoms with Crippen LogP contribution in [0.25, 0.3) is 5.57 Å². The number of rotatable bonds is 6. The number of hydrogen-bond acceptors (Lipinski definition) is 2. The van der Waals surface area contributed by atoms with Gasteiger partial charge in [0, 0.05) is 6.04 Å². The predicted octanol–water partition coefficient (Wildman–Crippen LogP) is 3.24. The van der Waals surface area contributed by atoms with Crippen LogP contribution >= 0.6 is 0 Å². The second kappa shape index (κ2) is 5.87. The molecule has 1 N–H and O–H groups in total. The molecule has 0 radical (unpaired) electrons. The van der Waals surface area contributed by atoms with Crippen LogP contribution in [-0.2, 0) is 0 Å². The van der Waals surface area contributed by atoms with Crippen LogP contribution in [0.4, 0.5) is 0 Å². The molecule has 2 nitrogen and oxygen atoms in total. The van der Waals surface area contributed by atoms with E-state index < -0.39 is 0 Å². The molecular formula is C15H21NO. The number of methoxy groups -OCH3 is 1. The van der Waals surface area contributed by atoms with Gasteiger partial charge in [-0.1, -0.05) is 18.2 Å².